The van der Waals surface area contributed by atoms with Crippen LogP contribution in [0.5, 0.6) is 11.5 Å². The van der Waals surface area contributed by atoms with Crippen LogP contribution in [0, 0.1) is 6.92 Å². The smallest absolute Gasteiger partial charge is 0.336 e. The third-order valence-corrected chi connectivity index (χ3v) is 6.52. The summed E-state index contributed by atoms with van der Waals surface area (Å²) >= 11 is 6.06. The van der Waals surface area contributed by atoms with Crippen LogP contribution in [0.1, 0.15) is 29.0 Å². The predicted molar refractivity (Wildman–Crippen MR) is 133 cm³/mol. The molecule has 0 saturated heterocycles. The Morgan fingerprint density at radius 2 is 1.83 bits per heavy atom. The molecule has 7 heteroatoms. The second-order valence-electron chi connectivity index (χ2n) is 8.59. The second-order valence-corrected chi connectivity index (χ2v) is 9.02. The van der Waals surface area contributed by atoms with E-state index < -0.39 is 11.9 Å². The third kappa shape index (κ3) is 4.49. The number of carbonyl (C=O) groups is 2. The standard InChI is InChI=1S/C28H24ClNO5/c1-17-6-9-21(10-7-17)30-23-16-35-28(32)27(23)22(14-26(30)31)19-8-11-24(25(13-19)33-2)34-15-18-4-3-5-20(29)12-18/h3-13,22H,14-16H2,1-2H3. The summed E-state index contributed by atoms with van der Waals surface area (Å²) in [5.41, 5.74) is 4.66. The maximum atomic E-state index is 13.3. The number of rotatable bonds is 6. The van der Waals surface area contributed by atoms with Gasteiger partial charge in [-0.25, -0.2) is 4.79 Å². The minimum Gasteiger partial charge on any atom is -0.493 e. The Labute approximate surface area is 208 Å². The van der Waals surface area contributed by atoms with Crippen molar-refractivity contribution < 1.29 is 23.8 Å². The van der Waals surface area contributed by atoms with E-state index in [2.05, 4.69) is 0 Å². The summed E-state index contributed by atoms with van der Waals surface area (Å²) in [7, 11) is 1.56. The molecule has 0 bridgehead atoms. The van der Waals surface area contributed by atoms with Crippen LogP contribution in [0.2, 0.25) is 5.02 Å². The second kappa shape index (κ2) is 9.47. The molecule has 0 N–H and O–H groups in total. The summed E-state index contributed by atoms with van der Waals surface area (Å²) in [6.45, 7) is 2.38. The van der Waals surface area contributed by atoms with Crippen LogP contribution in [0.25, 0.3) is 0 Å². The summed E-state index contributed by atoms with van der Waals surface area (Å²) in [6.07, 6.45) is 0.147. The first-order valence-corrected chi connectivity index (χ1v) is 11.7. The van der Waals surface area contributed by atoms with Gasteiger partial charge in [-0.3, -0.25) is 9.69 Å². The lowest BCUT2D eigenvalue weighted by Crippen LogP contribution is -2.37. The number of anilines is 1. The first-order valence-electron chi connectivity index (χ1n) is 11.3. The van der Waals surface area contributed by atoms with Crippen LogP contribution in [-0.2, 0) is 20.9 Å². The SMILES string of the molecule is COc1cc(C2CC(=O)N(c3ccc(C)cc3)C3=C2C(=O)OC3)ccc1OCc1cccc(Cl)c1. The van der Waals surface area contributed by atoms with Gasteiger partial charge in [0.2, 0.25) is 5.91 Å². The Morgan fingerprint density at radius 3 is 2.57 bits per heavy atom. The molecule has 178 valence electrons. The van der Waals surface area contributed by atoms with Gasteiger partial charge in [0.25, 0.3) is 0 Å². The number of methoxy groups -OCH3 is 1. The lowest BCUT2D eigenvalue weighted by Gasteiger charge is -2.32. The summed E-state index contributed by atoms with van der Waals surface area (Å²) in [5.74, 6) is 0.172. The van der Waals surface area contributed by atoms with Crippen molar-refractivity contribution in [1.29, 1.82) is 0 Å². The maximum Gasteiger partial charge on any atom is 0.336 e. The molecule has 35 heavy (non-hydrogen) atoms. The van der Waals surface area contributed by atoms with Gasteiger partial charge in [0.1, 0.15) is 13.2 Å². The molecule has 1 atom stereocenters. The molecule has 3 aromatic carbocycles. The largest absolute Gasteiger partial charge is 0.493 e. The Bertz CT molecular complexity index is 1330. The van der Waals surface area contributed by atoms with Crippen molar-refractivity contribution in [3.8, 4) is 11.5 Å². The Kier molecular flexibility index (Phi) is 6.22. The molecule has 0 saturated carbocycles. The average molecular weight is 490 g/mol. The fraction of sp³-hybridized carbons (Fsp3) is 0.214. The molecule has 0 fully saturated rings. The lowest BCUT2D eigenvalue weighted by molar-refractivity contribution is -0.136. The van der Waals surface area contributed by atoms with Gasteiger partial charge in [-0.1, -0.05) is 47.5 Å². The van der Waals surface area contributed by atoms with Gasteiger partial charge in [0.15, 0.2) is 11.5 Å². The first-order chi connectivity index (χ1) is 16.9. The third-order valence-electron chi connectivity index (χ3n) is 6.28. The van der Waals surface area contributed by atoms with Crippen LogP contribution >= 0.6 is 11.6 Å². The maximum absolute atomic E-state index is 13.3. The number of cyclic esters (lactones) is 1. The van der Waals surface area contributed by atoms with Crippen molar-refractivity contribution in [2.24, 2.45) is 0 Å². The molecule has 5 rings (SSSR count). The number of benzene rings is 3. The molecule has 2 aliphatic heterocycles. The van der Waals surface area contributed by atoms with E-state index in [0.29, 0.717) is 34.4 Å². The van der Waals surface area contributed by atoms with Gasteiger partial charge in [0.05, 0.1) is 18.4 Å². The molecule has 6 nitrogen and oxygen atoms in total. The number of carbonyl (C=O) groups excluding carboxylic acids is 2. The van der Waals surface area contributed by atoms with Gasteiger partial charge < -0.3 is 14.2 Å². The van der Waals surface area contributed by atoms with Crippen LogP contribution in [0.15, 0.2) is 78.0 Å². The minimum atomic E-state index is -0.426. The molecule has 3 aromatic rings. The van der Waals surface area contributed by atoms with E-state index >= 15 is 0 Å². The molecular formula is C28H24ClNO5. The van der Waals surface area contributed by atoms with E-state index in [1.807, 2.05) is 67.6 Å². The summed E-state index contributed by atoms with van der Waals surface area (Å²) in [6, 6.07) is 20.6. The van der Waals surface area contributed by atoms with Crippen molar-refractivity contribution in [3.05, 3.63) is 99.7 Å². The fourth-order valence-corrected chi connectivity index (χ4v) is 4.75. The zero-order valence-corrected chi connectivity index (χ0v) is 20.2. The minimum absolute atomic E-state index is 0.0717. The van der Waals surface area contributed by atoms with Crippen LogP contribution < -0.4 is 14.4 Å². The van der Waals surface area contributed by atoms with E-state index in [4.69, 9.17) is 25.8 Å². The lowest BCUT2D eigenvalue weighted by atomic mass is 9.84. The van der Waals surface area contributed by atoms with Crippen molar-refractivity contribution in [2.75, 3.05) is 18.6 Å². The van der Waals surface area contributed by atoms with Crippen molar-refractivity contribution in [3.63, 3.8) is 0 Å². The number of hydrogen-bond acceptors (Lipinski definition) is 5. The number of aryl methyl sites for hydroxylation is 1. The molecule has 0 radical (unpaired) electrons. The highest BCUT2D eigenvalue weighted by molar-refractivity contribution is 6.30. The van der Waals surface area contributed by atoms with Gasteiger partial charge in [-0.05, 0) is 54.4 Å². The van der Waals surface area contributed by atoms with E-state index in [-0.39, 0.29) is 18.9 Å². The van der Waals surface area contributed by atoms with E-state index in [0.717, 1.165) is 22.4 Å². The topological polar surface area (TPSA) is 65.1 Å². The monoisotopic (exact) mass is 489 g/mol. The summed E-state index contributed by atoms with van der Waals surface area (Å²) in [4.78, 5) is 27.6. The van der Waals surface area contributed by atoms with Crippen LogP contribution in [-0.4, -0.2) is 25.6 Å². The highest BCUT2D eigenvalue weighted by atomic mass is 35.5. The van der Waals surface area contributed by atoms with Gasteiger partial charge in [0, 0.05) is 23.0 Å². The number of nitrogens with zero attached hydrogens (tertiary/aromatic N) is 1. The van der Waals surface area contributed by atoms with Crippen LogP contribution in [0.3, 0.4) is 0 Å². The summed E-state index contributed by atoms with van der Waals surface area (Å²) in [5, 5.41) is 0.641. The molecular weight excluding hydrogens is 466 g/mol. The van der Waals surface area contributed by atoms with Crippen LogP contribution in [0.4, 0.5) is 5.69 Å². The molecule has 1 amide bonds. The molecule has 2 heterocycles. The zero-order chi connectivity index (χ0) is 24.5. The number of halogens is 1. The highest BCUT2D eigenvalue weighted by Crippen LogP contribution is 2.43. The summed E-state index contributed by atoms with van der Waals surface area (Å²) < 4.78 is 16.9. The van der Waals surface area contributed by atoms with Gasteiger partial charge in [-0.15, -0.1) is 0 Å². The zero-order valence-electron chi connectivity index (χ0n) is 19.4. The Hall–Kier alpha value is -3.77. The Morgan fingerprint density at radius 1 is 1.03 bits per heavy atom. The van der Waals surface area contributed by atoms with E-state index in [1.165, 1.54) is 0 Å². The molecule has 0 aromatic heterocycles. The predicted octanol–water partition coefficient (Wildman–Crippen LogP) is 5.57. The highest BCUT2D eigenvalue weighted by Gasteiger charge is 2.43. The normalized spacial score (nSPS) is 17.3. The van der Waals surface area contributed by atoms with Gasteiger partial charge in [-0.2, -0.15) is 0 Å². The number of esters is 1. The van der Waals surface area contributed by atoms with Crippen molar-refractivity contribution >= 4 is 29.2 Å². The molecule has 0 spiro atoms. The quantitative estimate of drug-likeness (QED) is 0.424. The number of ether oxygens (including phenoxy) is 3. The van der Waals surface area contributed by atoms with E-state index in [9.17, 15) is 9.59 Å². The average Bonchev–Trinajstić information content (AvgIpc) is 3.24. The molecule has 0 aliphatic carbocycles. The molecule has 2 aliphatic rings. The Balaban J connectivity index is 1.45. The van der Waals surface area contributed by atoms with E-state index in [1.54, 1.807) is 18.1 Å². The van der Waals surface area contributed by atoms with Crippen molar-refractivity contribution in [2.45, 2.75) is 25.9 Å². The number of hydrogen-bond donors (Lipinski definition) is 0. The first kappa shape index (κ1) is 23.0. The fourth-order valence-electron chi connectivity index (χ4n) is 4.54. The van der Waals surface area contributed by atoms with Gasteiger partial charge >= 0.3 is 5.97 Å². The molecule has 1 unspecified atom stereocenters. The number of amides is 1. The van der Waals surface area contributed by atoms with Crippen molar-refractivity contribution in [1.82, 2.24) is 0 Å².